The fraction of sp³-hybridized carbons (Fsp3) is 0.0435. The Balaban J connectivity index is 1.64. The Bertz CT molecular complexity index is 1510. The molecule has 3 aromatic carbocycles. The van der Waals surface area contributed by atoms with Crippen molar-refractivity contribution in [2.45, 2.75) is 4.90 Å². The molecule has 4 rings (SSSR count). The first-order valence-corrected chi connectivity index (χ1v) is 11.9. The van der Waals surface area contributed by atoms with Gasteiger partial charge in [0.1, 0.15) is 17.2 Å². The smallest absolute Gasteiger partial charge is 0.274 e. The van der Waals surface area contributed by atoms with Crippen molar-refractivity contribution in [2.75, 3.05) is 17.1 Å². The molecule has 11 heteroatoms. The maximum Gasteiger partial charge on any atom is 0.274 e. The summed E-state index contributed by atoms with van der Waals surface area (Å²) in [6.07, 6.45) is 1.44. The monoisotopic (exact) mass is 496 g/mol. The minimum Gasteiger partial charge on any atom is -0.506 e. The Morgan fingerprint density at radius 3 is 2.47 bits per heavy atom. The number of nitrogens with zero attached hydrogens (tertiary/aromatic N) is 1. The van der Waals surface area contributed by atoms with Gasteiger partial charge in [-0.25, -0.2) is 8.42 Å². The maximum absolute atomic E-state index is 13.0. The summed E-state index contributed by atoms with van der Waals surface area (Å²) >= 11 is 5.30. The van der Waals surface area contributed by atoms with Crippen LogP contribution in [0.4, 0.5) is 11.4 Å². The van der Waals surface area contributed by atoms with Crippen molar-refractivity contribution < 1.29 is 23.1 Å². The molecule has 0 aliphatic rings. The van der Waals surface area contributed by atoms with E-state index >= 15 is 0 Å². The van der Waals surface area contributed by atoms with E-state index in [0.717, 1.165) is 0 Å². The second-order valence-electron chi connectivity index (χ2n) is 7.09. The number of para-hydroxylation sites is 3. The van der Waals surface area contributed by atoms with Gasteiger partial charge < -0.3 is 20.1 Å². The molecule has 9 nitrogen and oxygen atoms in total. The lowest BCUT2D eigenvalue weighted by atomic mass is 10.2. The predicted octanol–water partition coefficient (Wildman–Crippen LogP) is 4.30. The van der Waals surface area contributed by atoms with E-state index < -0.39 is 15.9 Å². The lowest BCUT2D eigenvalue weighted by Crippen LogP contribution is -2.18. The summed E-state index contributed by atoms with van der Waals surface area (Å²) in [6.45, 7) is 0. The number of ether oxygens (including phenoxy) is 1. The minimum atomic E-state index is -4.05. The Morgan fingerprint density at radius 2 is 1.74 bits per heavy atom. The number of nitrogens with one attached hydrogen (secondary N) is 3. The zero-order valence-electron chi connectivity index (χ0n) is 17.8. The SMILES string of the molecule is COc1ccccc1NS(=O)(=O)c1ccc(O)c(NC(=O)c2c[nH]c(=S)n2-c2ccccc2)c1. The van der Waals surface area contributed by atoms with Gasteiger partial charge >= 0.3 is 0 Å². The molecule has 4 N–H and O–H groups in total. The molecular weight excluding hydrogens is 476 g/mol. The number of sulfonamides is 1. The fourth-order valence-corrected chi connectivity index (χ4v) is 4.63. The Labute approximate surface area is 200 Å². The summed E-state index contributed by atoms with van der Waals surface area (Å²) in [6, 6.07) is 19.1. The summed E-state index contributed by atoms with van der Waals surface area (Å²) in [7, 11) is -2.62. The number of phenolic OH excluding ortho intramolecular Hbond substituents is 1. The van der Waals surface area contributed by atoms with E-state index in [0.29, 0.717) is 16.2 Å². The van der Waals surface area contributed by atoms with Crippen molar-refractivity contribution in [3.63, 3.8) is 0 Å². The number of carbonyl (C=O) groups is 1. The molecule has 0 unspecified atom stereocenters. The van der Waals surface area contributed by atoms with Crippen LogP contribution in [0.2, 0.25) is 0 Å². The van der Waals surface area contributed by atoms with Gasteiger partial charge in [0.05, 0.1) is 23.4 Å². The minimum absolute atomic E-state index is 0.0837. The molecule has 1 amide bonds. The van der Waals surface area contributed by atoms with Crippen molar-refractivity contribution in [1.82, 2.24) is 9.55 Å². The summed E-state index contributed by atoms with van der Waals surface area (Å²) in [5.41, 5.74) is 1.01. The summed E-state index contributed by atoms with van der Waals surface area (Å²) in [5.74, 6) is -0.556. The van der Waals surface area contributed by atoms with Crippen molar-refractivity contribution in [1.29, 1.82) is 0 Å². The summed E-state index contributed by atoms with van der Waals surface area (Å²) in [4.78, 5) is 15.7. The number of rotatable bonds is 7. The van der Waals surface area contributed by atoms with Crippen molar-refractivity contribution in [3.05, 3.63) is 89.5 Å². The number of anilines is 2. The lowest BCUT2D eigenvalue weighted by Gasteiger charge is -2.14. The third-order valence-electron chi connectivity index (χ3n) is 4.90. The van der Waals surface area contributed by atoms with Crippen LogP contribution in [0.3, 0.4) is 0 Å². The van der Waals surface area contributed by atoms with Gasteiger partial charge in [0.2, 0.25) is 0 Å². The number of imidazole rings is 1. The van der Waals surface area contributed by atoms with Gasteiger partial charge in [-0.05, 0) is 54.7 Å². The van der Waals surface area contributed by atoms with Crippen LogP contribution >= 0.6 is 12.2 Å². The Hall–Kier alpha value is -4.09. The first-order chi connectivity index (χ1) is 16.3. The number of carbonyl (C=O) groups excluding carboxylic acids is 1. The number of H-pyrrole nitrogens is 1. The largest absolute Gasteiger partial charge is 0.506 e. The van der Waals surface area contributed by atoms with E-state index in [9.17, 15) is 18.3 Å². The van der Waals surface area contributed by atoms with E-state index in [4.69, 9.17) is 17.0 Å². The van der Waals surface area contributed by atoms with Gasteiger partial charge in [0.25, 0.3) is 15.9 Å². The van der Waals surface area contributed by atoms with Gasteiger partial charge in [-0.3, -0.25) is 14.1 Å². The first-order valence-electron chi connectivity index (χ1n) is 9.96. The number of aromatic nitrogens is 2. The highest BCUT2D eigenvalue weighted by atomic mass is 32.2. The zero-order chi connectivity index (χ0) is 24.3. The molecule has 0 saturated carbocycles. The number of phenols is 1. The maximum atomic E-state index is 13.0. The van der Waals surface area contributed by atoms with Gasteiger partial charge in [0.15, 0.2) is 4.77 Å². The van der Waals surface area contributed by atoms with E-state index in [2.05, 4.69) is 15.0 Å². The van der Waals surface area contributed by atoms with Crippen molar-refractivity contribution >= 4 is 39.5 Å². The third-order valence-corrected chi connectivity index (χ3v) is 6.56. The molecule has 0 atom stereocenters. The zero-order valence-corrected chi connectivity index (χ0v) is 19.5. The number of benzene rings is 3. The number of aromatic hydroxyl groups is 1. The van der Waals surface area contributed by atoms with Crippen LogP contribution in [0.15, 0.2) is 83.9 Å². The second kappa shape index (κ2) is 9.41. The Morgan fingerprint density at radius 1 is 1.03 bits per heavy atom. The van der Waals surface area contributed by atoms with Crippen LogP contribution in [0.25, 0.3) is 5.69 Å². The second-order valence-corrected chi connectivity index (χ2v) is 9.16. The first kappa shape index (κ1) is 23.1. The molecule has 0 radical (unpaired) electrons. The number of aromatic amines is 1. The van der Waals surface area contributed by atoms with Crippen molar-refractivity contribution in [3.8, 4) is 17.2 Å². The topological polar surface area (TPSA) is 125 Å². The molecule has 174 valence electrons. The molecule has 1 aromatic heterocycles. The van der Waals surface area contributed by atoms with E-state index in [-0.39, 0.29) is 27.7 Å². The van der Waals surface area contributed by atoms with Crippen LogP contribution < -0.4 is 14.8 Å². The number of methoxy groups -OCH3 is 1. The highest BCUT2D eigenvalue weighted by Gasteiger charge is 2.21. The predicted molar refractivity (Wildman–Crippen MR) is 131 cm³/mol. The number of hydrogen-bond acceptors (Lipinski definition) is 6. The normalized spacial score (nSPS) is 11.1. The third kappa shape index (κ3) is 4.65. The van der Waals surface area contributed by atoms with E-state index in [1.807, 2.05) is 6.07 Å². The van der Waals surface area contributed by atoms with Crippen LogP contribution in [0.1, 0.15) is 10.5 Å². The Kier molecular flexibility index (Phi) is 6.39. The number of amides is 1. The van der Waals surface area contributed by atoms with Gasteiger partial charge in [-0.15, -0.1) is 0 Å². The molecule has 0 fully saturated rings. The average molecular weight is 497 g/mol. The molecule has 0 saturated heterocycles. The highest BCUT2D eigenvalue weighted by molar-refractivity contribution is 7.92. The standard InChI is InChI=1S/C23H20N4O5S2/c1-32-21-10-6-5-9-17(21)26-34(30,31)16-11-12-20(28)18(13-16)25-22(29)19-14-24-23(33)27(19)15-7-3-2-4-8-15/h2-14,26,28H,1H3,(H,24,33)(H,25,29). The van der Waals surface area contributed by atoms with Gasteiger partial charge in [-0.2, -0.15) is 0 Å². The van der Waals surface area contributed by atoms with Gasteiger partial charge in [-0.1, -0.05) is 30.3 Å². The number of hydrogen-bond donors (Lipinski definition) is 4. The molecule has 1 heterocycles. The van der Waals surface area contributed by atoms with Crippen LogP contribution in [0.5, 0.6) is 11.5 Å². The molecule has 0 spiro atoms. The van der Waals surface area contributed by atoms with Crippen LogP contribution in [-0.2, 0) is 10.0 Å². The molecule has 0 aliphatic carbocycles. The average Bonchev–Trinajstić information content (AvgIpc) is 3.22. The van der Waals surface area contributed by atoms with Crippen molar-refractivity contribution in [2.24, 2.45) is 0 Å². The van der Waals surface area contributed by atoms with E-state index in [1.54, 1.807) is 48.5 Å². The molecular formula is C23H20N4O5S2. The van der Waals surface area contributed by atoms with Gasteiger partial charge in [0, 0.05) is 11.9 Å². The molecule has 34 heavy (non-hydrogen) atoms. The lowest BCUT2D eigenvalue weighted by molar-refractivity contribution is 0.102. The highest BCUT2D eigenvalue weighted by Crippen LogP contribution is 2.30. The quantitative estimate of drug-likeness (QED) is 0.223. The fourth-order valence-electron chi connectivity index (χ4n) is 3.27. The van der Waals surface area contributed by atoms with Crippen LogP contribution in [-0.4, -0.2) is 36.1 Å². The molecule has 0 aliphatic heterocycles. The summed E-state index contributed by atoms with van der Waals surface area (Å²) in [5, 5.41) is 12.8. The van der Waals surface area contributed by atoms with Crippen LogP contribution in [0, 0.1) is 4.77 Å². The molecule has 4 aromatic rings. The van der Waals surface area contributed by atoms with E-state index in [1.165, 1.54) is 36.1 Å². The molecule has 0 bridgehead atoms. The summed E-state index contributed by atoms with van der Waals surface area (Å²) < 4.78 is 35.4.